The topological polar surface area (TPSA) is 23.6 Å². The maximum Gasteiger partial charge on any atom is 0.223 e. The van der Waals surface area contributed by atoms with E-state index in [1.807, 2.05) is 6.07 Å². The lowest BCUT2D eigenvalue weighted by molar-refractivity contribution is -0.131. The quantitative estimate of drug-likeness (QED) is 0.856. The number of halogens is 1. The van der Waals surface area contributed by atoms with Crippen molar-refractivity contribution in [2.24, 2.45) is 0 Å². The number of carbonyl (C=O) groups is 1. The number of nitrogens with zero attached hydrogens (tertiary/aromatic N) is 2. The molecule has 0 radical (unpaired) electrons. The Morgan fingerprint density at radius 3 is 2.86 bits per heavy atom. The van der Waals surface area contributed by atoms with E-state index in [9.17, 15) is 9.18 Å². The maximum absolute atomic E-state index is 13.3. The summed E-state index contributed by atoms with van der Waals surface area (Å²) in [6.45, 7) is 5.72. The molecule has 2 aliphatic rings. The smallest absolute Gasteiger partial charge is 0.223 e. The molecule has 120 valence electrons. The molecule has 1 aromatic rings. The van der Waals surface area contributed by atoms with Gasteiger partial charge in [0, 0.05) is 31.6 Å². The van der Waals surface area contributed by atoms with Crippen LogP contribution in [-0.2, 0) is 11.3 Å². The average Bonchev–Trinajstić information content (AvgIpc) is 2.66. The van der Waals surface area contributed by atoms with Crippen molar-refractivity contribution in [1.82, 2.24) is 9.80 Å². The van der Waals surface area contributed by atoms with Crippen LogP contribution in [0.1, 0.15) is 44.6 Å². The second kappa shape index (κ2) is 6.37. The lowest BCUT2D eigenvalue weighted by Crippen LogP contribution is -2.46. The Balaban J connectivity index is 1.66. The van der Waals surface area contributed by atoms with Gasteiger partial charge in [-0.3, -0.25) is 9.69 Å². The van der Waals surface area contributed by atoms with Crippen LogP contribution in [-0.4, -0.2) is 40.9 Å². The van der Waals surface area contributed by atoms with Gasteiger partial charge in [-0.15, -0.1) is 0 Å². The monoisotopic (exact) mass is 304 g/mol. The van der Waals surface area contributed by atoms with E-state index in [-0.39, 0.29) is 11.4 Å². The third-order valence-electron chi connectivity index (χ3n) is 5.30. The Morgan fingerprint density at radius 2 is 2.09 bits per heavy atom. The van der Waals surface area contributed by atoms with E-state index in [4.69, 9.17) is 0 Å². The number of benzene rings is 1. The zero-order valence-corrected chi connectivity index (χ0v) is 13.4. The zero-order chi connectivity index (χ0) is 15.6. The molecule has 1 amide bonds. The molecule has 1 atom stereocenters. The predicted molar refractivity (Wildman–Crippen MR) is 84.9 cm³/mol. The molecular weight excluding hydrogens is 279 g/mol. The van der Waals surface area contributed by atoms with Crippen LogP contribution < -0.4 is 0 Å². The first-order chi connectivity index (χ1) is 10.6. The number of likely N-dealkylation sites (tertiary alicyclic amines) is 2. The molecule has 1 unspecified atom stereocenters. The molecular formula is C18H25FN2O. The number of amides is 1. The van der Waals surface area contributed by atoms with Crippen LogP contribution >= 0.6 is 0 Å². The average molecular weight is 304 g/mol. The van der Waals surface area contributed by atoms with Crippen LogP contribution in [0.2, 0.25) is 0 Å². The van der Waals surface area contributed by atoms with Gasteiger partial charge >= 0.3 is 0 Å². The van der Waals surface area contributed by atoms with Crippen molar-refractivity contribution in [3.8, 4) is 0 Å². The van der Waals surface area contributed by atoms with E-state index >= 15 is 0 Å². The van der Waals surface area contributed by atoms with E-state index in [2.05, 4.69) is 16.7 Å². The molecule has 0 N–H and O–H groups in total. The molecule has 2 saturated heterocycles. The van der Waals surface area contributed by atoms with Crippen molar-refractivity contribution in [3.63, 3.8) is 0 Å². The highest BCUT2D eigenvalue weighted by atomic mass is 19.1. The molecule has 2 heterocycles. The Bertz CT molecular complexity index is 548. The van der Waals surface area contributed by atoms with Gasteiger partial charge in [-0.1, -0.05) is 12.1 Å². The van der Waals surface area contributed by atoms with Crippen LogP contribution in [0, 0.1) is 5.82 Å². The first-order valence-corrected chi connectivity index (χ1v) is 8.40. The summed E-state index contributed by atoms with van der Waals surface area (Å²) >= 11 is 0. The van der Waals surface area contributed by atoms with E-state index in [1.54, 1.807) is 12.1 Å². The summed E-state index contributed by atoms with van der Waals surface area (Å²) in [5, 5.41) is 0. The first kappa shape index (κ1) is 15.5. The van der Waals surface area contributed by atoms with Crippen molar-refractivity contribution in [2.75, 3.05) is 19.6 Å². The summed E-state index contributed by atoms with van der Waals surface area (Å²) in [4.78, 5) is 16.6. The Hall–Kier alpha value is -1.42. The van der Waals surface area contributed by atoms with E-state index < -0.39 is 0 Å². The molecule has 3 nitrogen and oxygen atoms in total. The van der Waals surface area contributed by atoms with Crippen molar-refractivity contribution in [3.05, 3.63) is 35.6 Å². The molecule has 0 aromatic heterocycles. The number of carbonyl (C=O) groups excluding carboxylic acids is 1. The highest BCUT2D eigenvalue weighted by Gasteiger charge is 2.44. The highest BCUT2D eigenvalue weighted by Crippen LogP contribution is 2.39. The van der Waals surface area contributed by atoms with E-state index in [1.165, 1.54) is 6.07 Å². The fraction of sp³-hybridized carbons (Fsp3) is 0.611. The van der Waals surface area contributed by atoms with Gasteiger partial charge in [0.1, 0.15) is 5.82 Å². The third kappa shape index (κ3) is 3.02. The molecule has 2 aliphatic heterocycles. The minimum atomic E-state index is -0.165. The lowest BCUT2D eigenvalue weighted by atomic mass is 9.88. The minimum Gasteiger partial charge on any atom is -0.337 e. The number of hydrogen-bond donors (Lipinski definition) is 0. The fourth-order valence-electron chi connectivity index (χ4n) is 4.19. The summed E-state index contributed by atoms with van der Waals surface area (Å²) in [7, 11) is 0. The maximum atomic E-state index is 13.3. The molecule has 2 fully saturated rings. The summed E-state index contributed by atoms with van der Waals surface area (Å²) in [5.41, 5.74) is 1.12. The third-order valence-corrected chi connectivity index (χ3v) is 5.30. The molecule has 22 heavy (non-hydrogen) atoms. The van der Waals surface area contributed by atoms with Crippen LogP contribution in [0.3, 0.4) is 0 Å². The molecule has 0 saturated carbocycles. The summed E-state index contributed by atoms with van der Waals surface area (Å²) in [6.07, 6.45) is 4.97. The second-order valence-corrected chi connectivity index (χ2v) is 6.62. The van der Waals surface area contributed by atoms with Crippen LogP contribution in [0.4, 0.5) is 4.39 Å². The molecule has 1 aromatic carbocycles. The number of hydrogen-bond acceptors (Lipinski definition) is 2. The van der Waals surface area contributed by atoms with Crippen molar-refractivity contribution >= 4 is 5.91 Å². The Kier molecular flexibility index (Phi) is 4.48. The van der Waals surface area contributed by atoms with Gasteiger partial charge in [0.25, 0.3) is 0 Å². The summed E-state index contributed by atoms with van der Waals surface area (Å²) < 4.78 is 13.3. The SMILES string of the molecule is CCN1C(=O)CCC12CCCN(Cc1cccc(F)c1)CC2. The molecule has 1 spiro atoms. The standard InChI is InChI=1S/C18H25FN2O/c1-2-21-17(22)7-9-18(21)8-4-11-20(12-10-18)14-15-5-3-6-16(19)13-15/h3,5-6,13H,2,4,7-12,14H2,1H3. The van der Waals surface area contributed by atoms with E-state index in [0.29, 0.717) is 12.3 Å². The largest absolute Gasteiger partial charge is 0.337 e. The zero-order valence-electron chi connectivity index (χ0n) is 13.4. The predicted octanol–water partition coefficient (Wildman–Crippen LogP) is 3.19. The fourth-order valence-corrected chi connectivity index (χ4v) is 4.19. The normalized spacial score (nSPS) is 26.6. The number of rotatable bonds is 3. The van der Waals surface area contributed by atoms with Gasteiger partial charge < -0.3 is 4.90 Å². The Morgan fingerprint density at radius 1 is 1.23 bits per heavy atom. The minimum absolute atomic E-state index is 0.0858. The second-order valence-electron chi connectivity index (χ2n) is 6.62. The molecule has 0 aliphatic carbocycles. The van der Waals surface area contributed by atoms with Gasteiger partial charge in [-0.05, 0) is 56.8 Å². The molecule has 0 bridgehead atoms. The molecule has 4 heteroatoms. The van der Waals surface area contributed by atoms with Crippen molar-refractivity contribution in [1.29, 1.82) is 0 Å². The molecule has 3 rings (SSSR count). The lowest BCUT2D eigenvalue weighted by Gasteiger charge is -2.37. The van der Waals surface area contributed by atoms with Gasteiger partial charge in [0.05, 0.1) is 0 Å². The van der Waals surface area contributed by atoms with Gasteiger partial charge in [-0.2, -0.15) is 0 Å². The van der Waals surface area contributed by atoms with Gasteiger partial charge in [-0.25, -0.2) is 4.39 Å². The van der Waals surface area contributed by atoms with Crippen LogP contribution in [0.25, 0.3) is 0 Å². The van der Waals surface area contributed by atoms with Crippen LogP contribution in [0.15, 0.2) is 24.3 Å². The van der Waals surface area contributed by atoms with Gasteiger partial charge in [0.15, 0.2) is 0 Å². The summed E-state index contributed by atoms with van der Waals surface area (Å²) in [6, 6.07) is 6.88. The van der Waals surface area contributed by atoms with Crippen molar-refractivity contribution < 1.29 is 9.18 Å². The summed E-state index contributed by atoms with van der Waals surface area (Å²) in [5.74, 6) is 0.156. The highest BCUT2D eigenvalue weighted by molar-refractivity contribution is 5.79. The first-order valence-electron chi connectivity index (χ1n) is 8.40. The Labute approximate surface area is 132 Å². The van der Waals surface area contributed by atoms with Gasteiger partial charge in [0.2, 0.25) is 5.91 Å². The van der Waals surface area contributed by atoms with Crippen LogP contribution in [0.5, 0.6) is 0 Å². The van der Waals surface area contributed by atoms with Crippen molar-refractivity contribution in [2.45, 2.75) is 51.1 Å². The van der Waals surface area contributed by atoms with E-state index in [0.717, 1.165) is 57.4 Å².